The van der Waals surface area contributed by atoms with Crippen LogP contribution < -0.4 is 0 Å². The van der Waals surface area contributed by atoms with Crippen molar-refractivity contribution in [2.45, 2.75) is 25.8 Å². The van der Waals surface area contributed by atoms with Crippen LogP contribution in [0.1, 0.15) is 40.9 Å². The fourth-order valence-electron chi connectivity index (χ4n) is 2.52. The fraction of sp³-hybridized carbons (Fsp3) is 0.357. The van der Waals surface area contributed by atoms with Crippen LogP contribution >= 0.6 is 0 Å². The average molecular weight is 269 g/mol. The highest BCUT2D eigenvalue weighted by Crippen LogP contribution is 2.31. The molecule has 0 aliphatic carbocycles. The highest BCUT2D eigenvalue weighted by atomic mass is 16.2. The Morgan fingerprint density at radius 2 is 2.20 bits per heavy atom. The SMILES string of the molecule is Cc1nccc(C(=O)N2CCC[C@@H]2c2cnccn2)n1. The van der Waals surface area contributed by atoms with E-state index >= 15 is 0 Å². The summed E-state index contributed by atoms with van der Waals surface area (Å²) in [5.41, 5.74) is 1.28. The van der Waals surface area contributed by atoms with Crippen LogP contribution in [0.5, 0.6) is 0 Å². The zero-order chi connectivity index (χ0) is 13.9. The number of hydrogen-bond donors (Lipinski definition) is 0. The molecule has 1 aliphatic heterocycles. The van der Waals surface area contributed by atoms with Gasteiger partial charge in [0.25, 0.3) is 5.91 Å². The molecule has 20 heavy (non-hydrogen) atoms. The molecule has 2 aromatic heterocycles. The first kappa shape index (κ1) is 12.7. The molecule has 0 N–H and O–H groups in total. The summed E-state index contributed by atoms with van der Waals surface area (Å²) >= 11 is 0. The second kappa shape index (κ2) is 5.32. The van der Waals surface area contributed by atoms with Gasteiger partial charge in [-0.25, -0.2) is 9.97 Å². The number of likely N-dealkylation sites (tertiary alicyclic amines) is 1. The Hall–Kier alpha value is -2.37. The zero-order valence-electron chi connectivity index (χ0n) is 11.2. The van der Waals surface area contributed by atoms with Gasteiger partial charge in [-0.2, -0.15) is 0 Å². The molecule has 1 amide bonds. The van der Waals surface area contributed by atoms with Crippen molar-refractivity contribution >= 4 is 5.91 Å². The molecule has 0 aromatic carbocycles. The second-order valence-electron chi connectivity index (χ2n) is 4.78. The topological polar surface area (TPSA) is 71.9 Å². The molecule has 1 fully saturated rings. The summed E-state index contributed by atoms with van der Waals surface area (Å²) in [4.78, 5) is 31.0. The van der Waals surface area contributed by atoms with Gasteiger partial charge in [0.1, 0.15) is 11.5 Å². The Bertz CT molecular complexity index is 616. The molecule has 0 unspecified atom stereocenters. The van der Waals surface area contributed by atoms with Gasteiger partial charge in [0.15, 0.2) is 0 Å². The fourth-order valence-corrected chi connectivity index (χ4v) is 2.52. The lowest BCUT2D eigenvalue weighted by molar-refractivity contribution is 0.0726. The Morgan fingerprint density at radius 1 is 1.30 bits per heavy atom. The summed E-state index contributed by atoms with van der Waals surface area (Å²) in [6.07, 6.45) is 8.51. The molecule has 0 spiro atoms. The number of rotatable bonds is 2. The number of hydrogen-bond acceptors (Lipinski definition) is 5. The first-order valence-corrected chi connectivity index (χ1v) is 6.62. The van der Waals surface area contributed by atoms with E-state index in [9.17, 15) is 4.79 Å². The van der Waals surface area contributed by atoms with Crippen molar-refractivity contribution in [1.82, 2.24) is 24.8 Å². The van der Waals surface area contributed by atoms with Gasteiger partial charge in [0.05, 0.1) is 17.9 Å². The van der Waals surface area contributed by atoms with Crippen LogP contribution in [-0.4, -0.2) is 37.3 Å². The molecule has 0 saturated carbocycles. The van der Waals surface area contributed by atoms with Gasteiger partial charge in [-0.1, -0.05) is 0 Å². The van der Waals surface area contributed by atoms with Crippen molar-refractivity contribution in [2.75, 3.05) is 6.54 Å². The molecule has 0 bridgehead atoms. The zero-order valence-corrected chi connectivity index (χ0v) is 11.2. The van der Waals surface area contributed by atoms with Crippen molar-refractivity contribution in [3.63, 3.8) is 0 Å². The predicted octanol–water partition coefficient (Wildman–Crippen LogP) is 1.55. The number of nitrogens with zero attached hydrogens (tertiary/aromatic N) is 5. The summed E-state index contributed by atoms with van der Waals surface area (Å²) in [7, 11) is 0. The molecule has 2 aromatic rings. The van der Waals surface area contributed by atoms with E-state index in [1.807, 2.05) is 4.90 Å². The molecule has 0 radical (unpaired) electrons. The maximum atomic E-state index is 12.6. The third-order valence-electron chi connectivity index (χ3n) is 3.43. The smallest absolute Gasteiger partial charge is 0.273 e. The third-order valence-corrected chi connectivity index (χ3v) is 3.43. The van der Waals surface area contributed by atoms with E-state index in [4.69, 9.17) is 0 Å². The minimum absolute atomic E-state index is 0.00790. The number of aryl methyl sites for hydroxylation is 1. The molecule has 3 rings (SSSR count). The van der Waals surface area contributed by atoms with Crippen molar-refractivity contribution in [1.29, 1.82) is 0 Å². The lowest BCUT2D eigenvalue weighted by Gasteiger charge is -2.23. The molecule has 6 nitrogen and oxygen atoms in total. The van der Waals surface area contributed by atoms with Gasteiger partial charge < -0.3 is 4.90 Å². The highest BCUT2D eigenvalue weighted by Gasteiger charge is 2.32. The Labute approximate surface area is 116 Å². The second-order valence-corrected chi connectivity index (χ2v) is 4.78. The molecular weight excluding hydrogens is 254 g/mol. The maximum absolute atomic E-state index is 12.6. The predicted molar refractivity (Wildman–Crippen MR) is 71.8 cm³/mol. The van der Waals surface area contributed by atoms with Gasteiger partial charge in [0, 0.05) is 25.1 Å². The van der Waals surface area contributed by atoms with Crippen LogP contribution in [0.2, 0.25) is 0 Å². The van der Waals surface area contributed by atoms with E-state index in [0.29, 0.717) is 11.5 Å². The molecule has 1 saturated heterocycles. The van der Waals surface area contributed by atoms with Gasteiger partial charge in [-0.05, 0) is 25.8 Å². The van der Waals surface area contributed by atoms with Crippen molar-refractivity contribution in [2.24, 2.45) is 0 Å². The number of carbonyl (C=O) groups is 1. The minimum Gasteiger partial charge on any atom is -0.329 e. The lowest BCUT2D eigenvalue weighted by Crippen LogP contribution is -2.31. The minimum atomic E-state index is -0.0661. The Kier molecular flexibility index (Phi) is 3.37. The molecule has 1 atom stereocenters. The van der Waals surface area contributed by atoms with Crippen LogP contribution in [0.25, 0.3) is 0 Å². The van der Waals surface area contributed by atoms with Crippen molar-refractivity contribution < 1.29 is 4.79 Å². The maximum Gasteiger partial charge on any atom is 0.273 e. The number of aromatic nitrogens is 4. The number of carbonyl (C=O) groups excluding carboxylic acids is 1. The standard InChI is InChI=1S/C14H15N5O/c1-10-16-5-4-11(18-10)14(20)19-8-2-3-13(19)12-9-15-6-7-17-12/h4-7,9,13H,2-3,8H2,1H3/t13-/m1/s1. The first-order valence-electron chi connectivity index (χ1n) is 6.62. The van der Waals surface area contributed by atoms with Crippen LogP contribution in [0, 0.1) is 6.92 Å². The monoisotopic (exact) mass is 269 g/mol. The first-order chi connectivity index (χ1) is 9.75. The van der Waals surface area contributed by atoms with Crippen molar-refractivity contribution in [3.8, 4) is 0 Å². The van der Waals surface area contributed by atoms with Crippen LogP contribution in [0.3, 0.4) is 0 Å². The Morgan fingerprint density at radius 3 is 2.95 bits per heavy atom. The summed E-state index contributed by atoms with van der Waals surface area (Å²) in [5.74, 6) is 0.537. The highest BCUT2D eigenvalue weighted by molar-refractivity contribution is 5.92. The van der Waals surface area contributed by atoms with Crippen LogP contribution in [-0.2, 0) is 0 Å². The Balaban J connectivity index is 1.87. The quantitative estimate of drug-likeness (QED) is 0.827. The molecule has 3 heterocycles. The van der Waals surface area contributed by atoms with E-state index in [-0.39, 0.29) is 11.9 Å². The summed E-state index contributed by atoms with van der Waals surface area (Å²) < 4.78 is 0. The lowest BCUT2D eigenvalue weighted by atomic mass is 10.1. The van der Waals surface area contributed by atoms with Gasteiger partial charge in [0.2, 0.25) is 0 Å². The normalized spacial score (nSPS) is 18.2. The summed E-state index contributed by atoms with van der Waals surface area (Å²) in [6.45, 7) is 2.50. The van der Waals surface area contributed by atoms with Crippen molar-refractivity contribution in [3.05, 3.63) is 48.1 Å². The summed E-state index contributed by atoms with van der Waals surface area (Å²) in [6, 6.07) is 1.65. The average Bonchev–Trinajstić information content (AvgIpc) is 2.97. The van der Waals surface area contributed by atoms with Crippen LogP contribution in [0.4, 0.5) is 0 Å². The largest absolute Gasteiger partial charge is 0.329 e. The summed E-state index contributed by atoms with van der Waals surface area (Å²) in [5, 5.41) is 0. The third kappa shape index (κ3) is 2.36. The van der Waals surface area contributed by atoms with Gasteiger partial charge in [-0.3, -0.25) is 14.8 Å². The van der Waals surface area contributed by atoms with E-state index < -0.39 is 0 Å². The van der Waals surface area contributed by atoms with E-state index in [1.165, 1.54) is 0 Å². The number of amides is 1. The molecular formula is C14H15N5O. The van der Waals surface area contributed by atoms with E-state index in [2.05, 4.69) is 19.9 Å². The van der Waals surface area contributed by atoms with Gasteiger partial charge >= 0.3 is 0 Å². The van der Waals surface area contributed by atoms with Gasteiger partial charge in [-0.15, -0.1) is 0 Å². The molecule has 102 valence electrons. The van der Waals surface area contributed by atoms with E-state index in [1.54, 1.807) is 37.8 Å². The molecule has 6 heteroatoms. The van der Waals surface area contributed by atoms with Crippen LogP contribution in [0.15, 0.2) is 30.9 Å². The molecule has 1 aliphatic rings. The van der Waals surface area contributed by atoms with E-state index in [0.717, 1.165) is 25.1 Å².